The zero-order chi connectivity index (χ0) is 23.7. The van der Waals surface area contributed by atoms with Gasteiger partial charge in [0.25, 0.3) is 5.91 Å². The van der Waals surface area contributed by atoms with Crippen molar-refractivity contribution in [2.24, 2.45) is 7.05 Å². The Bertz CT molecular complexity index is 1250. The van der Waals surface area contributed by atoms with Crippen LogP contribution in [0.3, 0.4) is 0 Å². The first kappa shape index (κ1) is 23.6. The molecule has 32 heavy (non-hydrogen) atoms. The fraction of sp³-hybridized carbons (Fsp3) is 0.286. The number of sulfonamides is 1. The number of benzene rings is 1. The number of anilines is 2. The summed E-state index contributed by atoms with van der Waals surface area (Å²) in [5.74, 6) is 0.593. The summed E-state index contributed by atoms with van der Waals surface area (Å²) in [7, 11) is -1.70. The van der Waals surface area contributed by atoms with Crippen molar-refractivity contribution in [3.63, 3.8) is 0 Å². The van der Waals surface area contributed by atoms with Crippen LogP contribution in [0.2, 0.25) is 5.02 Å². The van der Waals surface area contributed by atoms with E-state index in [-0.39, 0.29) is 16.3 Å². The highest BCUT2D eigenvalue weighted by Gasteiger charge is 2.16. The fourth-order valence-electron chi connectivity index (χ4n) is 2.90. The van der Waals surface area contributed by atoms with Gasteiger partial charge in [0.2, 0.25) is 10.0 Å². The maximum Gasteiger partial charge on any atom is 0.257 e. The monoisotopic (exact) mass is 477 g/mol. The summed E-state index contributed by atoms with van der Waals surface area (Å²) in [6.07, 6.45) is 5.85. The smallest absolute Gasteiger partial charge is 0.257 e. The first-order valence-corrected chi connectivity index (χ1v) is 11.8. The van der Waals surface area contributed by atoms with Crippen LogP contribution in [0.5, 0.6) is 5.75 Å². The molecular formula is C21H24ClN5O4S. The molecule has 0 spiro atoms. The van der Waals surface area contributed by atoms with E-state index in [9.17, 15) is 13.2 Å². The number of hydrogen-bond acceptors (Lipinski definition) is 6. The highest BCUT2D eigenvalue weighted by atomic mass is 35.5. The van der Waals surface area contributed by atoms with Crippen molar-refractivity contribution >= 4 is 38.9 Å². The van der Waals surface area contributed by atoms with E-state index >= 15 is 0 Å². The Morgan fingerprint density at radius 1 is 1.09 bits per heavy atom. The number of aromatic nitrogens is 3. The largest absolute Gasteiger partial charge is 0.485 e. The molecule has 2 heterocycles. The van der Waals surface area contributed by atoms with Crippen LogP contribution in [0, 0.1) is 0 Å². The molecular weight excluding hydrogens is 454 g/mol. The van der Waals surface area contributed by atoms with Crippen LogP contribution in [0.25, 0.3) is 11.5 Å². The van der Waals surface area contributed by atoms with E-state index in [1.165, 1.54) is 18.2 Å². The summed E-state index contributed by atoms with van der Waals surface area (Å²) >= 11 is 6.05. The molecule has 0 aliphatic carbocycles. The molecule has 0 unspecified atom stereocenters. The second kappa shape index (κ2) is 8.79. The van der Waals surface area contributed by atoms with Gasteiger partial charge in [-0.25, -0.2) is 18.4 Å². The lowest BCUT2D eigenvalue weighted by molar-refractivity contribution is 0.102. The minimum atomic E-state index is -3.49. The van der Waals surface area contributed by atoms with Crippen molar-refractivity contribution in [1.82, 2.24) is 14.5 Å². The molecule has 0 aliphatic heterocycles. The van der Waals surface area contributed by atoms with Gasteiger partial charge in [0.15, 0.2) is 11.6 Å². The molecule has 0 aliphatic rings. The predicted octanol–water partition coefficient (Wildman–Crippen LogP) is 3.94. The molecule has 9 nitrogen and oxygen atoms in total. The molecule has 11 heteroatoms. The number of carbonyl (C=O) groups excluding carboxylic acids is 1. The van der Waals surface area contributed by atoms with E-state index in [0.29, 0.717) is 28.5 Å². The Balaban J connectivity index is 1.79. The zero-order valence-corrected chi connectivity index (χ0v) is 19.9. The molecule has 3 aromatic rings. The van der Waals surface area contributed by atoms with Gasteiger partial charge in [-0.15, -0.1) is 0 Å². The molecule has 3 rings (SSSR count). The summed E-state index contributed by atoms with van der Waals surface area (Å²) in [6.45, 7) is 5.80. The average molecular weight is 478 g/mol. The molecule has 0 atom stereocenters. The summed E-state index contributed by atoms with van der Waals surface area (Å²) in [5.41, 5.74) is 1.24. The Hall–Kier alpha value is -3.11. The SMILES string of the molecule is Cn1cc(C(=O)Nc2cc(Cl)cc(NS(C)(=O)=O)c2)cc1-c1ncc(OC(C)(C)C)cn1. The third kappa shape index (κ3) is 6.44. The molecule has 0 fully saturated rings. The highest BCUT2D eigenvalue weighted by molar-refractivity contribution is 7.92. The van der Waals surface area contributed by atoms with Crippen LogP contribution in [-0.4, -0.2) is 40.7 Å². The molecule has 1 amide bonds. The third-order valence-electron chi connectivity index (χ3n) is 4.01. The molecule has 170 valence electrons. The van der Waals surface area contributed by atoms with Crippen molar-refractivity contribution in [2.45, 2.75) is 26.4 Å². The number of nitrogens with one attached hydrogen (secondary N) is 2. The lowest BCUT2D eigenvalue weighted by Gasteiger charge is -2.20. The van der Waals surface area contributed by atoms with Gasteiger partial charge < -0.3 is 14.6 Å². The van der Waals surface area contributed by atoms with E-state index in [1.54, 1.807) is 36.3 Å². The van der Waals surface area contributed by atoms with Gasteiger partial charge in [0.1, 0.15) is 5.60 Å². The molecule has 0 radical (unpaired) electrons. The number of amides is 1. The van der Waals surface area contributed by atoms with Gasteiger partial charge in [-0.2, -0.15) is 0 Å². The summed E-state index contributed by atoms with van der Waals surface area (Å²) in [4.78, 5) is 21.4. The van der Waals surface area contributed by atoms with Crippen LogP contribution in [0.1, 0.15) is 31.1 Å². The molecule has 0 saturated carbocycles. The van der Waals surface area contributed by atoms with Gasteiger partial charge in [-0.1, -0.05) is 11.6 Å². The lowest BCUT2D eigenvalue weighted by atomic mass is 10.2. The van der Waals surface area contributed by atoms with E-state index in [1.807, 2.05) is 20.8 Å². The number of halogens is 1. The van der Waals surface area contributed by atoms with Gasteiger partial charge in [0.05, 0.1) is 35.6 Å². The Kier molecular flexibility index (Phi) is 6.47. The minimum Gasteiger partial charge on any atom is -0.485 e. The van der Waals surface area contributed by atoms with E-state index in [4.69, 9.17) is 16.3 Å². The molecule has 2 aromatic heterocycles. The average Bonchev–Trinajstić information content (AvgIpc) is 3.01. The first-order valence-electron chi connectivity index (χ1n) is 9.57. The highest BCUT2D eigenvalue weighted by Crippen LogP contribution is 2.25. The summed E-state index contributed by atoms with van der Waals surface area (Å²) in [5, 5.41) is 2.99. The molecule has 2 N–H and O–H groups in total. The van der Waals surface area contributed by atoms with Crippen LogP contribution >= 0.6 is 11.6 Å². The van der Waals surface area contributed by atoms with Crippen molar-refractivity contribution in [3.8, 4) is 17.3 Å². The van der Waals surface area contributed by atoms with Crippen molar-refractivity contribution < 1.29 is 17.9 Å². The summed E-state index contributed by atoms with van der Waals surface area (Å²) < 4.78 is 32.7. The van der Waals surface area contributed by atoms with Gasteiger partial charge in [0, 0.05) is 24.0 Å². The van der Waals surface area contributed by atoms with Crippen molar-refractivity contribution in [3.05, 3.63) is 53.4 Å². The fourth-order valence-corrected chi connectivity index (χ4v) is 3.68. The second-order valence-electron chi connectivity index (χ2n) is 8.24. The quantitative estimate of drug-likeness (QED) is 0.555. The topological polar surface area (TPSA) is 115 Å². The number of nitrogens with zero attached hydrogens (tertiary/aromatic N) is 3. The first-order chi connectivity index (χ1) is 14.8. The Labute approximate surface area is 191 Å². The van der Waals surface area contributed by atoms with Crippen LogP contribution in [0.4, 0.5) is 11.4 Å². The normalized spacial score (nSPS) is 11.8. The number of ether oxygens (including phenoxy) is 1. The third-order valence-corrected chi connectivity index (χ3v) is 4.83. The predicted molar refractivity (Wildman–Crippen MR) is 125 cm³/mol. The summed E-state index contributed by atoms with van der Waals surface area (Å²) in [6, 6.07) is 6.11. The van der Waals surface area contributed by atoms with Crippen molar-refractivity contribution in [1.29, 1.82) is 0 Å². The number of carbonyl (C=O) groups is 1. The lowest BCUT2D eigenvalue weighted by Crippen LogP contribution is -2.23. The molecule has 0 bridgehead atoms. The molecule has 1 aromatic carbocycles. The van der Waals surface area contributed by atoms with Crippen LogP contribution < -0.4 is 14.8 Å². The zero-order valence-electron chi connectivity index (χ0n) is 18.3. The van der Waals surface area contributed by atoms with E-state index in [0.717, 1.165) is 6.26 Å². The number of aryl methyl sites for hydroxylation is 1. The van der Waals surface area contributed by atoms with Gasteiger partial charge >= 0.3 is 0 Å². The Morgan fingerprint density at radius 2 is 1.72 bits per heavy atom. The number of rotatable bonds is 6. The van der Waals surface area contributed by atoms with E-state index in [2.05, 4.69) is 20.0 Å². The Morgan fingerprint density at radius 3 is 2.31 bits per heavy atom. The number of hydrogen-bond donors (Lipinski definition) is 2. The van der Waals surface area contributed by atoms with Crippen LogP contribution in [0.15, 0.2) is 42.9 Å². The van der Waals surface area contributed by atoms with Gasteiger partial charge in [-0.05, 0) is 45.0 Å². The molecule has 0 saturated heterocycles. The second-order valence-corrected chi connectivity index (χ2v) is 10.4. The maximum absolute atomic E-state index is 12.8. The van der Waals surface area contributed by atoms with Crippen LogP contribution in [-0.2, 0) is 17.1 Å². The van der Waals surface area contributed by atoms with E-state index < -0.39 is 15.9 Å². The minimum absolute atomic E-state index is 0.245. The standard InChI is InChI=1S/C21H24ClN5O4S/c1-21(2,3)31-17-10-23-19(24-11-17)18-6-13(12-27(18)4)20(28)25-15-7-14(22)8-16(9-15)26-32(5,29)30/h6-12,26H,1-5H3,(H,25,28). The maximum atomic E-state index is 12.8. The van der Waals surface area contributed by atoms with Crippen molar-refractivity contribution in [2.75, 3.05) is 16.3 Å². The van der Waals surface area contributed by atoms with Gasteiger partial charge in [-0.3, -0.25) is 9.52 Å².